The van der Waals surface area contributed by atoms with Crippen molar-refractivity contribution in [2.45, 2.75) is 19.4 Å². The third-order valence-corrected chi connectivity index (χ3v) is 4.23. The van der Waals surface area contributed by atoms with Crippen molar-refractivity contribution < 1.29 is 4.79 Å². The Morgan fingerprint density at radius 3 is 2.65 bits per heavy atom. The molecule has 1 unspecified atom stereocenters. The number of fused-ring (bicyclic) bond motifs is 1. The molecule has 0 spiro atoms. The lowest BCUT2D eigenvalue weighted by atomic mass is 10.1. The number of rotatable bonds is 3. The summed E-state index contributed by atoms with van der Waals surface area (Å²) < 4.78 is 0.941. The first-order valence-corrected chi connectivity index (χ1v) is 7.43. The lowest BCUT2D eigenvalue weighted by Gasteiger charge is -2.14. The number of aryl methyl sites for hydroxylation is 1. The highest BCUT2D eigenvalue weighted by molar-refractivity contribution is 9.10. The van der Waals surface area contributed by atoms with Crippen LogP contribution in [0.1, 0.15) is 24.1 Å². The van der Waals surface area contributed by atoms with Gasteiger partial charge in [0.05, 0.1) is 0 Å². The fourth-order valence-electron chi connectivity index (χ4n) is 2.42. The number of carbonyl (C=O) groups is 1. The van der Waals surface area contributed by atoms with E-state index in [2.05, 4.69) is 45.6 Å². The summed E-state index contributed by atoms with van der Waals surface area (Å²) in [6, 6.07) is 13.6. The van der Waals surface area contributed by atoms with Crippen LogP contribution >= 0.6 is 15.9 Å². The number of anilines is 2. The van der Waals surface area contributed by atoms with E-state index in [0.717, 1.165) is 27.8 Å². The van der Waals surface area contributed by atoms with Gasteiger partial charge in [-0.25, -0.2) is 0 Å². The van der Waals surface area contributed by atoms with E-state index in [1.54, 1.807) is 0 Å². The van der Waals surface area contributed by atoms with Gasteiger partial charge in [0, 0.05) is 21.4 Å². The Bertz CT molecular complexity index is 652. The molecule has 1 aliphatic rings. The second kappa shape index (κ2) is 5.29. The first-order valence-electron chi connectivity index (χ1n) is 6.64. The zero-order valence-electron chi connectivity index (χ0n) is 11.1. The number of hydrogen-bond donors (Lipinski definition) is 2. The third kappa shape index (κ3) is 2.31. The molecule has 0 aliphatic carbocycles. The molecule has 3 nitrogen and oxygen atoms in total. The maximum absolute atomic E-state index is 12.1. The van der Waals surface area contributed by atoms with Gasteiger partial charge >= 0.3 is 0 Å². The summed E-state index contributed by atoms with van der Waals surface area (Å²) in [6.07, 6.45) is 1.01. The highest BCUT2D eigenvalue weighted by Gasteiger charge is 2.32. The Kier molecular flexibility index (Phi) is 3.49. The minimum atomic E-state index is -0.354. The van der Waals surface area contributed by atoms with Crippen LogP contribution in [0.3, 0.4) is 0 Å². The minimum absolute atomic E-state index is 0.0218. The number of halogens is 1. The van der Waals surface area contributed by atoms with Gasteiger partial charge in [0.15, 0.2) is 0 Å². The van der Waals surface area contributed by atoms with Crippen molar-refractivity contribution in [3.05, 3.63) is 58.1 Å². The number of nitrogens with one attached hydrogen (secondary N) is 2. The van der Waals surface area contributed by atoms with Crippen LogP contribution in [0.5, 0.6) is 0 Å². The molecule has 2 aromatic rings. The van der Waals surface area contributed by atoms with Crippen LogP contribution in [0, 0.1) is 0 Å². The van der Waals surface area contributed by atoms with Crippen LogP contribution < -0.4 is 10.6 Å². The zero-order valence-corrected chi connectivity index (χ0v) is 12.7. The summed E-state index contributed by atoms with van der Waals surface area (Å²) >= 11 is 3.52. The van der Waals surface area contributed by atoms with Crippen LogP contribution in [-0.2, 0) is 11.2 Å². The smallest absolute Gasteiger partial charge is 0.251 e. The summed E-state index contributed by atoms with van der Waals surface area (Å²) in [5.74, 6) is -0.0218. The van der Waals surface area contributed by atoms with E-state index in [1.807, 2.05) is 30.3 Å². The normalized spacial score (nSPS) is 16.7. The van der Waals surface area contributed by atoms with E-state index in [1.165, 1.54) is 5.56 Å². The number of hydrogen-bond acceptors (Lipinski definition) is 2. The van der Waals surface area contributed by atoms with Crippen LogP contribution in [0.25, 0.3) is 0 Å². The molecule has 3 rings (SSSR count). The molecule has 102 valence electrons. The average Bonchev–Trinajstić information content (AvgIpc) is 2.77. The molecule has 20 heavy (non-hydrogen) atoms. The molecule has 1 amide bonds. The minimum Gasteiger partial charge on any atom is -0.370 e. The van der Waals surface area contributed by atoms with Gasteiger partial charge in [0.2, 0.25) is 0 Å². The summed E-state index contributed by atoms with van der Waals surface area (Å²) in [5.41, 5.74) is 4.07. The van der Waals surface area contributed by atoms with Crippen molar-refractivity contribution in [3.63, 3.8) is 0 Å². The predicted octanol–water partition coefficient (Wildman–Crippen LogP) is 4.12. The zero-order chi connectivity index (χ0) is 14.1. The summed E-state index contributed by atoms with van der Waals surface area (Å²) in [5, 5.41) is 6.20. The second-order valence-corrected chi connectivity index (χ2v) is 5.67. The monoisotopic (exact) mass is 330 g/mol. The molecule has 1 heterocycles. The highest BCUT2D eigenvalue weighted by atomic mass is 79.9. The second-order valence-electron chi connectivity index (χ2n) is 4.82. The Hall–Kier alpha value is -1.81. The van der Waals surface area contributed by atoms with Crippen molar-refractivity contribution in [2.75, 3.05) is 10.6 Å². The van der Waals surface area contributed by atoms with E-state index in [9.17, 15) is 4.79 Å². The first kappa shape index (κ1) is 13.2. The molecule has 1 aliphatic heterocycles. The average molecular weight is 331 g/mol. The lowest BCUT2D eigenvalue weighted by molar-refractivity contribution is -0.116. The molecule has 4 heteroatoms. The predicted molar refractivity (Wildman–Crippen MR) is 85.0 cm³/mol. The SMILES string of the molecule is CCc1ccc(NC2C(=O)Nc3cccc(Br)c32)cc1. The highest BCUT2D eigenvalue weighted by Crippen LogP contribution is 2.38. The van der Waals surface area contributed by atoms with Gasteiger partial charge in [0.1, 0.15) is 6.04 Å². The Labute approximate surface area is 126 Å². The van der Waals surface area contributed by atoms with Crippen LogP contribution in [0.4, 0.5) is 11.4 Å². The van der Waals surface area contributed by atoms with Gasteiger partial charge in [-0.1, -0.05) is 41.1 Å². The molecule has 0 fully saturated rings. The van der Waals surface area contributed by atoms with Gasteiger partial charge in [-0.05, 0) is 36.2 Å². The van der Waals surface area contributed by atoms with Crippen molar-refractivity contribution in [1.29, 1.82) is 0 Å². The van der Waals surface area contributed by atoms with Gasteiger partial charge in [-0.2, -0.15) is 0 Å². The summed E-state index contributed by atoms with van der Waals surface area (Å²) in [4.78, 5) is 12.1. The van der Waals surface area contributed by atoms with E-state index < -0.39 is 0 Å². The Morgan fingerprint density at radius 1 is 1.20 bits per heavy atom. The van der Waals surface area contributed by atoms with Crippen LogP contribution in [0.2, 0.25) is 0 Å². The van der Waals surface area contributed by atoms with Crippen molar-refractivity contribution in [3.8, 4) is 0 Å². The number of carbonyl (C=O) groups excluding carboxylic acids is 1. The Balaban J connectivity index is 1.89. The fourth-order valence-corrected chi connectivity index (χ4v) is 3.01. The molecule has 0 saturated carbocycles. The molecule has 0 saturated heterocycles. The molecule has 2 N–H and O–H groups in total. The fraction of sp³-hybridized carbons (Fsp3) is 0.188. The van der Waals surface area contributed by atoms with E-state index in [0.29, 0.717) is 0 Å². The van der Waals surface area contributed by atoms with Crippen molar-refractivity contribution >= 4 is 33.2 Å². The molecule has 1 atom stereocenters. The van der Waals surface area contributed by atoms with Crippen molar-refractivity contribution in [1.82, 2.24) is 0 Å². The largest absolute Gasteiger partial charge is 0.370 e. The molecular formula is C16H15BrN2O. The Morgan fingerprint density at radius 2 is 1.95 bits per heavy atom. The molecular weight excluding hydrogens is 316 g/mol. The van der Waals surface area contributed by atoms with Crippen molar-refractivity contribution in [2.24, 2.45) is 0 Å². The summed E-state index contributed by atoms with van der Waals surface area (Å²) in [6.45, 7) is 2.13. The van der Waals surface area contributed by atoms with E-state index in [-0.39, 0.29) is 11.9 Å². The third-order valence-electron chi connectivity index (χ3n) is 3.53. The summed E-state index contributed by atoms with van der Waals surface area (Å²) in [7, 11) is 0. The standard InChI is InChI=1S/C16H15BrN2O/c1-2-10-6-8-11(9-7-10)18-15-14-12(17)4-3-5-13(14)19-16(15)20/h3-9,15,18H,2H2,1H3,(H,19,20). The van der Waals surface area contributed by atoms with Gasteiger partial charge < -0.3 is 10.6 Å². The molecule has 0 aromatic heterocycles. The number of amides is 1. The van der Waals surface area contributed by atoms with E-state index in [4.69, 9.17) is 0 Å². The van der Waals surface area contributed by atoms with Gasteiger partial charge in [-0.15, -0.1) is 0 Å². The van der Waals surface area contributed by atoms with Crippen LogP contribution in [0.15, 0.2) is 46.9 Å². The molecule has 0 radical (unpaired) electrons. The quantitative estimate of drug-likeness (QED) is 0.888. The molecule has 0 bridgehead atoms. The maximum Gasteiger partial charge on any atom is 0.251 e. The van der Waals surface area contributed by atoms with Gasteiger partial charge in [-0.3, -0.25) is 4.79 Å². The number of benzene rings is 2. The maximum atomic E-state index is 12.1. The topological polar surface area (TPSA) is 41.1 Å². The first-order chi connectivity index (χ1) is 9.69. The lowest BCUT2D eigenvalue weighted by Crippen LogP contribution is -2.19. The molecule has 2 aromatic carbocycles. The van der Waals surface area contributed by atoms with Gasteiger partial charge in [0.25, 0.3) is 5.91 Å². The van der Waals surface area contributed by atoms with Crippen LogP contribution in [-0.4, -0.2) is 5.91 Å². The van der Waals surface area contributed by atoms with E-state index >= 15 is 0 Å².